The minimum absolute atomic E-state index is 0.804. The molecule has 2 rings (SSSR count). The molecule has 1 aliphatic rings. The Labute approximate surface area is 119 Å². The van der Waals surface area contributed by atoms with Crippen molar-refractivity contribution < 1.29 is 0 Å². The van der Waals surface area contributed by atoms with Crippen LogP contribution < -0.4 is 5.32 Å². The van der Waals surface area contributed by atoms with Crippen LogP contribution >= 0.6 is 23.4 Å². The number of rotatable bonds is 5. The van der Waals surface area contributed by atoms with Crippen molar-refractivity contribution in [1.82, 2.24) is 4.90 Å². The molecule has 1 aliphatic heterocycles. The van der Waals surface area contributed by atoms with Gasteiger partial charge in [-0.1, -0.05) is 30.7 Å². The van der Waals surface area contributed by atoms with Crippen molar-refractivity contribution in [2.45, 2.75) is 18.6 Å². The normalized spacial score (nSPS) is 20.9. The fourth-order valence-electron chi connectivity index (χ4n) is 2.18. The van der Waals surface area contributed by atoms with Gasteiger partial charge in [-0.2, -0.15) is 11.8 Å². The maximum atomic E-state index is 6.11. The molecule has 0 spiro atoms. The third-order valence-corrected chi connectivity index (χ3v) is 5.00. The van der Waals surface area contributed by atoms with Crippen LogP contribution in [0.1, 0.15) is 13.3 Å². The number of anilines is 1. The minimum atomic E-state index is 0.804. The molecule has 2 nitrogen and oxygen atoms in total. The van der Waals surface area contributed by atoms with Crippen molar-refractivity contribution in [3.63, 3.8) is 0 Å². The number of nitrogens with zero attached hydrogens (tertiary/aromatic N) is 1. The Hall–Kier alpha value is -0.380. The third kappa shape index (κ3) is 4.08. The lowest BCUT2D eigenvalue weighted by Crippen LogP contribution is -2.40. The van der Waals surface area contributed by atoms with Gasteiger partial charge in [-0.15, -0.1) is 0 Å². The molecule has 1 unspecified atom stereocenters. The van der Waals surface area contributed by atoms with Gasteiger partial charge >= 0.3 is 0 Å². The second kappa shape index (κ2) is 7.27. The van der Waals surface area contributed by atoms with Crippen LogP contribution in [0, 0.1) is 0 Å². The zero-order chi connectivity index (χ0) is 12.8. The molecule has 1 heterocycles. The number of halogens is 1. The lowest BCUT2D eigenvalue weighted by atomic mass is 10.3. The molecule has 0 aliphatic carbocycles. The van der Waals surface area contributed by atoms with Gasteiger partial charge in [0.25, 0.3) is 0 Å². The van der Waals surface area contributed by atoms with E-state index in [1.165, 1.54) is 25.3 Å². The van der Waals surface area contributed by atoms with Crippen LogP contribution in [0.4, 0.5) is 5.69 Å². The van der Waals surface area contributed by atoms with Gasteiger partial charge in [0.15, 0.2) is 0 Å². The number of benzene rings is 1. The molecule has 18 heavy (non-hydrogen) atoms. The van der Waals surface area contributed by atoms with Gasteiger partial charge in [0, 0.05) is 37.2 Å². The molecule has 0 radical (unpaired) electrons. The molecule has 1 aromatic rings. The second-order valence-electron chi connectivity index (χ2n) is 4.61. The average molecular weight is 285 g/mol. The number of hydrogen-bond acceptors (Lipinski definition) is 3. The highest BCUT2D eigenvalue weighted by molar-refractivity contribution is 8.00. The van der Waals surface area contributed by atoms with Gasteiger partial charge in [0.1, 0.15) is 0 Å². The van der Waals surface area contributed by atoms with E-state index < -0.39 is 0 Å². The molecule has 0 saturated carbocycles. The monoisotopic (exact) mass is 284 g/mol. The molecular formula is C14H21ClN2S. The first-order valence-corrected chi connectivity index (χ1v) is 8.04. The third-order valence-electron chi connectivity index (χ3n) is 3.30. The zero-order valence-corrected chi connectivity index (χ0v) is 12.4. The highest BCUT2D eigenvalue weighted by Crippen LogP contribution is 2.22. The Morgan fingerprint density at radius 3 is 3.06 bits per heavy atom. The van der Waals surface area contributed by atoms with Crippen molar-refractivity contribution in [3.8, 4) is 0 Å². The topological polar surface area (TPSA) is 15.3 Å². The molecule has 0 bridgehead atoms. The first-order chi connectivity index (χ1) is 8.79. The predicted octanol–water partition coefficient (Wildman–Crippen LogP) is 3.58. The number of para-hydroxylation sites is 1. The molecule has 1 N–H and O–H groups in total. The Bertz CT molecular complexity index is 373. The molecule has 1 aromatic carbocycles. The van der Waals surface area contributed by atoms with Crippen molar-refractivity contribution in [1.29, 1.82) is 0 Å². The van der Waals surface area contributed by atoms with E-state index >= 15 is 0 Å². The number of hydrogen-bond donors (Lipinski definition) is 1. The van der Waals surface area contributed by atoms with Crippen LogP contribution in [0.5, 0.6) is 0 Å². The molecule has 0 aromatic heterocycles. The molecule has 1 atom stereocenters. The summed E-state index contributed by atoms with van der Waals surface area (Å²) >= 11 is 8.23. The van der Waals surface area contributed by atoms with Crippen molar-refractivity contribution in [2.75, 3.05) is 37.2 Å². The maximum absolute atomic E-state index is 6.11. The molecule has 1 fully saturated rings. The summed E-state index contributed by atoms with van der Waals surface area (Å²) in [6, 6.07) is 7.93. The van der Waals surface area contributed by atoms with E-state index in [9.17, 15) is 0 Å². The Kier molecular flexibility index (Phi) is 5.67. The first-order valence-electron chi connectivity index (χ1n) is 6.62. The summed E-state index contributed by atoms with van der Waals surface area (Å²) < 4.78 is 0. The number of nitrogens with one attached hydrogen (secondary N) is 1. The van der Waals surface area contributed by atoms with Gasteiger partial charge in [-0.25, -0.2) is 0 Å². The lowest BCUT2D eigenvalue weighted by molar-refractivity contribution is 0.292. The van der Waals surface area contributed by atoms with Gasteiger partial charge < -0.3 is 5.32 Å². The summed E-state index contributed by atoms with van der Waals surface area (Å²) in [6.45, 7) is 6.78. The highest BCUT2D eigenvalue weighted by Gasteiger charge is 2.18. The zero-order valence-electron chi connectivity index (χ0n) is 10.9. The van der Waals surface area contributed by atoms with Gasteiger partial charge in [-0.05, 0) is 18.6 Å². The molecule has 0 amide bonds. The Morgan fingerprint density at radius 1 is 1.44 bits per heavy atom. The number of thioether (sulfide) groups is 1. The van der Waals surface area contributed by atoms with E-state index in [0.29, 0.717) is 0 Å². The van der Waals surface area contributed by atoms with E-state index in [1.54, 1.807) is 0 Å². The van der Waals surface area contributed by atoms with E-state index in [-0.39, 0.29) is 0 Å². The Morgan fingerprint density at radius 2 is 2.28 bits per heavy atom. The summed E-state index contributed by atoms with van der Waals surface area (Å²) in [5.74, 6) is 1.27. The van der Waals surface area contributed by atoms with Crippen LogP contribution in [0.3, 0.4) is 0 Å². The van der Waals surface area contributed by atoms with Crippen LogP contribution in [0.15, 0.2) is 24.3 Å². The smallest absolute Gasteiger partial charge is 0.0637 e. The van der Waals surface area contributed by atoms with Gasteiger partial charge in [0.05, 0.1) is 10.7 Å². The molecule has 1 saturated heterocycles. The highest BCUT2D eigenvalue weighted by atomic mass is 35.5. The van der Waals surface area contributed by atoms with Crippen LogP contribution in [0.25, 0.3) is 0 Å². The maximum Gasteiger partial charge on any atom is 0.0637 e. The SMILES string of the molecule is CCC1CN(CCNc2ccccc2Cl)CCS1. The first kappa shape index (κ1) is 14.0. The van der Waals surface area contributed by atoms with Crippen molar-refractivity contribution in [3.05, 3.63) is 29.3 Å². The van der Waals surface area contributed by atoms with Crippen molar-refractivity contribution >= 4 is 29.1 Å². The van der Waals surface area contributed by atoms with Gasteiger partial charge in [-0.3, -0.25) is 4.90 Å². The lowest BCUT2D eigenvalue weighted by Gasteiger charge is -2.31. The fourth-order valence-corrected chi connectivity index (χ4v) is 3.64. The fraction of sp³-hybridized carbons (Fsp3) is 0.571. The van der Waals surface area contributed by atoms with E-state index in [2.05, 4.69) is 28.9 Å². The summed E-state index contributed by atoms with van der Waals surface area (Å²) in [5, 5.41) is 5.04. The molecular weight excluding hydrogens is 264 g/mol. The van der Waals surface area contributed by atoms with Gasteiger partial charge in [0.2, 0.25) is 0 Å². The standard InChI is InChI=1S/C14H21ClN2S/c1-2-12-11-17(9-10-18-12)8-7-16-14-6-4-3-5-13(14)15/h3-6,12,16H,2,7-11H2,1H3. The molecule has 4 heteroatoms. The minimum Gasteiger partial charge on any atom is -0.383 e. The average Bonchev–Trinajstić information content (AvgIpc) is 2.41. The van der Waals surface area contributed by atoms with Crippen molar-refractivity contribution in [2.24, 2.45) is 0 Å². The Balaban J connectivity index is 1.73. The summed E-state index contributed by atoms with van der Waals surface area (Å²) in [6.07, 6.45) is 1.28. The summed E-state index contributed by atoms with van der Waals surface area (Å²) in [5.41, 5.74) is 1.04. The predicted molar refractivity (Wildman–Crippen MR) is 82.9 cm³/mol. The summed E-state index contributed by atoms with van der Waals surface area (Å²) in [4.78, 5) is 2.55. The van der Waals surface area contributed by atoms with Crippen LogP contribution in [-0.2, 0) is 0 Å². The second-order valence-corrected chi connectivity index (χ2v) is 6.42. The summed E-state index contributed by atoms with van der Waals surface area (Å²) in [7, 11) is 0. The largest absolute Gasteiger partial charge is 0.383 e. The van der Waals surface area contributed by atoms with Crippen LogP contribution in [0.2, 0.25) is 5.02 Å². The van der Waals surface area contributed by atoms with E-state index in [1.807, 2.05) is 24.3 Å². The van der Waals surface area contributed by atoms with E-state index in [4.69, 9.17) is 11.6 Å². The van der Waals surface area contributed by atoms with E-state index in [0.717, 1.165) is 29.0 Å². The van der Waals surface area contributed by atoms with Crippen LogP contribution in [-0.4, -0.2) is 42.1 Å². The molecule has 100 valence electrons. The quantitative estimate of drug-likeness (QED) is 0.890.